The molecular formula is C37H21N3O2. The maximum absolute atomic E-state index is 6.36. The highest BCUT2D eigenvalue weighted by atomic mass is 16.3. The Kier molecular flexibility index (Phi) is 4.83. The average molecular weight is 540 g/mol. The zero-order valence-corrected chi connectivity index (χ0v) is 22.3. The first-order chi connectivity index (χ1) is 20.8. The van der Waals surface area contributed by atoms with Crippen LogP contribution in [0.25, 0.3) is 88.8 Å². The van der Waals surface area contributed by atoms with E-state index in [4.69, 9.17) is 23.8 Å². The van der Waals surface area contributed by atoms with Crippen LogP contribution in [0.2, 0.25) is 0 Å². The Morgan fingerprint density at radius 1 is 0.357 bits per heavy atom. The van der Waals surface area contributed by atoms with Crippen molar-refractivity contribution < 1.29 is 8.83 Å². The van der Waals surface area contributed by atoms with Gasteiger partial charge in [0.2, 0.25) is 0 Å². The first-order valence-electron chi connectivity index (χ1n) is 13.9. The van der Waals surface area contributed by atoms with E-state index in [0.29, 0.717) is 17.5 Å². The van der Waals surface area contributed by atoms with Gasteiger partial charge >= 0.3 is 0 Å². The van der Waals surface area contributed by atoms with Gasteiger partial charge in [0.05, 0.1) is 0 Å². The summed E-state index contributed by atoms with van der Waals surface area (Å²) in [6.45, 7) is 0. The summed E-state index contributed by atoms with van der Waals surface area (Å²) in [4.78, 5) is 15.2. The minimum Gasteiger partial charge on any atom is -0.456 e. The van der Waals surface area contributed by atoms with Crippen molar-refractivity contribution in [3.05, 3.63) is 127 Å². The van der Waals surface area contributed by atoms with Crippen LogP contribution >= 0.6 is 0 Å². The second-order valence-electron chi connectivity index (χ2n) is 10.4. The molecule has 3 aromatic heterocycles. The third-order valence-corrected chi connectivity index (χ3v) is 7.94. The Labute approximate surface area is 239 Å². The quantitative estimate of drug-likeness (QED) is 0.224. The van der Waals surface area contributed by atoms with Crippen molar-refractivity contribution in [1.29, 1.82) is 0 Å². The summed E-state index contributed by atoms with van der Waals surface area (Å²) < 4.78 is 12.6. The standard InChI is InChI=1S/C37H21N3O2/c1-2-11-22(12-3-1)35-38-36(27-17-10-20-31-34(27)26-16-7-8-18-29(26)41-31)40-37(39-35)28-21-32-33(24-14-5-4-13-23(24)28)25-15-6-9-19-30(25)42-32/h1-21H. The lowest BCUT2D eigenvalue weighted by Crippen LogP contribution is -2.01. The average Bonchev–Trinajstić information content (AvgIpc) is 3.63. The summed E-state index contributed by atoms with van der Waals surface area (Å²) in [6.07, 6.45) is 0. The third kappa shape index (κ3) is 3.40. The van der Waals surface area contributed by atoms with Crippen molar-refractivity contribution in [2.45, 2.75) is 0 Å². The van der Waals surface area contributed by atoms with Gasteiger partial charge in [-0.3, -0.25) is 0 Å². The molecule has 0 unspecified atom stereocenters. The van der Waals surface area contributed by atoms with Crippen molar-refractivity contribution in [2.24, 2.45) is 0 Å². The Morgan fingerprint density at radius 2 is 0.905 bits per heavy atom. The topological polar surface area (TPSA) is 65.0 Å². The molecule has 0 N–H and O–H groups in total. The maximum atomic E-state index is 6.36. The minimum absolute atomic E-state index is 0.585. The van der Waals surface area contributed by atoms with Crippen molar-refractivity contribution in [3.8, 4) is 34.2 Å². The monoisotopic (exact) mass is 539 g/mol. The van der Waals surface area contributed by atoms with Crippen LogP contribution < -0.4 is 0 Å². The van der Waals surface area contributed by atoms with Crippen LogP contribution in [0.3, 0.4) is 0 Å². The molecular weight excluding hydrogens is 518 g/mol. The van der Waals surface area contributed by atoms with Crippen LogP contribution in [0, 0.1) is 0 Å². The number of fused-ring (bicyclic) bond motifs is 8. The van der Waals surface area contributed by atoms with E-state index in [2.05, 4.69) is 48.5 Å². The van der Waals surface area contributed by atoms with E-state index in [1.165, 1.54) is 0 Å². The molecule has 0 saturated carbocycles. The number of aromatic nitrogens is 3. The van der Waals surface area contributed by atoms with E-state index in [-0.39, 0.29) is 0 Å². The van der Waals surface area contributed by atoms with Crippen molar-refractivity contribution in [3.63, 3.8) is 0 Å². The number of hydrogen-bond acceptors (Lipinski definition) is 5. The predicted octanol–water partition coefficient (Wildman–Crippen LogP) is 9.82. The van der Waals surface area contributed by atoms with Crippen LogP contribution in [0.1, 0.15) is 0 Å². The molecule has 0 bridgehead atoms. The molecule has 0 atom stereocenters. The highest BCUT2D eigenvalue weighted by Crippen LogP contribution is 2.41. The van der Waals surface area contributed by atoms with Gasteiger partial charge in [-0.15, -0.1) is 0 Å². The van der Waals surface area contributed by atoms with Crippen LogP contribution in [-0.4, -0.2) is 15.0 Å². The predicted molar refractivity (Wildman–Crippen MR) is 168 cm³/mol. The number of hydrogen-bond donors (Lipinski definition) is 0. The van der Waals surface area contributed by atoms with Gasteiger partial charge in [0.15, 0.2) is 17.5 Å². The van der Waals surface area contributed by atoms with E-state index in [1.54, 1.807) is 0 Å². The molecule has 0 radical (unpaired) electrons. The Morgan fingerprint density at radius 3 is 1.67 bits per heavy atom. The second kappa shape index (κ2) is 8.85. The van der Waals surface area contributed by atoms with Gasteiger partial charge in [0.1, 0.15) is 22.3 Å². The fourth-order valence-corrected chi connectivity index (χ4v) is 6.07. The minimum atomic E-state index is 0.585. The molecule has 0 spiro atoms. The van der Waals surface area contributed by atoms with E-state index in [9.17, 15) is 0 Å². The molecule has 5 nitrogen and oxygen atoms in total. The summed E-state index contributed by atoms with van der Waals surface area (Å²) in [5.41, 5.74) is 5.99. The van der Waals surface area contributed by atoms with Crippen molar-refractivity contribution >= 4 is 54.6 Å². The van der Waals surface area contributed by atoms with Gasteiger partial charge < -0.3 is 8.83 Å². The number of nitrogens with zero attached hydrogens (tertiary/aromatic N) is 3. The van der Waals surface area contributed by atoms with Gasteiger partial charge in [-0.05, 0) is 35.0 Å². The first-order valence-corrected chi connectivity index (χ1v) is 13.9. The summed E-state index contributed by atoms with van der Waals surface area (Å²) in [5.74, 6) is 1.78. The lowest BCUT2D eigenvalue weighted by Gasteiger charge is -2.11. The zero-order valence-electron chi connectivity index (χ0n) is 22.3. The SMILES string of the molecule is c1ccc(-c2nc(-c3cc4oc5ccccc5c4c4ccccc34)nc(-c3cccc4oc5ccccc5c34)n2)cc1. The van der Waals surface area contributed by atoms with Crippen LogP contribution in [0.4, 0.5) is 0 Å². The van der Waals surface area contributed by atoms with Gasteiger partial charge in [-0.25, -0.2) is 15.0 Å². The molecule has 3 heterocycles. The third-order valence-electron chi connectivity index (χ3n) is 7.94. The van der Waals surface area contributed by atoms with E-state index in [0.717, 1.165) is 71.3 Å². The van der Waals surface area contributed by atoms with Gasteiger partial charge in [-0.1, -0.05) is 103 Å². The fourth-order valence-electron chi connectivity index (χ4n) is 6.07. The maximum Gasteiger partial charge on any atom is 0.164 e. The van der Waals surface area contributed by atoms with Gasteiger partial charge in [0.25, 0.3) is 0 Å². The molecule has 0 saturated heterocycles. The molecule has 5 heteroatoms. The van der Waals surface area contributed by atoms with Crippen LogP contribution in [-0.2, 0) is 0 Å². The Bertz CT molecular complexity index is 2470. The largest absolute Gasteiger partial charge is 0.456 e. The van der Waals surface area contributed by atoms with Crippen molar-refractivity contribution in [1.82, 2.24) is 15.0 Å². The number of rotatable bonds is 3. The molecule has 0 fully saturated rings. The Balaban J connectivity index is 1.38. The highest BCUT2D eigenvalue weighted by Gasteiger charge is 2.20. The lowest BCUT2D eigenvalue weighted by molar-refractivity contribution is 0.669. The molecule has 9 rings (SSSR count). The summed E-state index contributed by atoms with van der Waals surface area (Å²) in [6, 6.07) is 42.8. The Hall–Kier alpha value is -5.81. The highest BCUT2D eigenvalue weighted by molar-refractivity contribution is 6.21. The van der Waals surface area contributed by atoms with Gasteiger partial charge in [-0.2, -0.15) is 0 Å². The number of benzene rings is 6. The zero-order chi connectivity index (χ0) is 27.6. The van der Waals surface area contributed by atoms with Crippen molar-refractivity contribution in [2.75, 3.05) is 0 Å². The molecule has 0 aliphatic carbocycles. The van der Waals surface area contributed by atoms with E-state index < -0.39 is 0 Å². The smallest absolute Gasteiger partial charge is 0.164 e. The lowest BCUT2D eigenvalue weighted by atomic mass is 9.98. The van der Waals surface area contributed by atoms with Gasteiger partial charge in [0, 0.05) is 38.2 Å². The number of furan rings is 2. The first kappa shape index (κ1) is 22.9. The molecule has 0 aliphatic rings. The summed E-state index contributed by atoms with van der Waals surface area (Å²) in [5, 5.41) is 6.36. The second-order valence-corrected chi connectivity index (χ2v) is 10.4. The summed E-state index contributed by atoms with van der Waals surface area (Å²) in [7, 11) is 0. The fraction of sp³-hybridized carbons (Fsp3) is 0. The molecule has 0 amide bonds. The molecule has 6 aromatic carbocycles. The van der Waals surface area contributed by atoms with E-state index >= 15 is 0 Å². The van der Waals surface area contributed by atoms with E-state index in [1.807, 2.05) is 78.9 Å². The molecule has 9 aromatic rings. The van der Waals surface area contributed by atoms with Crippen LogP contribution in [0.15, 0.2) is 136 Å². The summed E-state index contributed by atoms with van der Waals surface area (Å²) >= 11 is 0. The number of para-hydroxylation sites is 2. The van der Waals surface area contributed by atoms with Crippen LogP contribution in [0.5, 0.6) is 0 Å². The normalized spacial score (nSPS) is 11.8. The molecule has 196 valence electrons. The molecule has 0 aliphatic heterocycles. The molecule has 42 heavy (non-hydrogen) atoms.